The van der Waals surface area contributed by atoms with Crippen LogP contribution < -0.4 is 0 Å². The topological polar surface area (TPSA) is 26.3 Å². The van der Waals surface area contributed by atoms with Crippen LogP contribution in [0.15, 0.2) is 11.1 Å². The lowest BCUT2D eigenvalue weighted by molar-refractivity contribution is -0.140. The molecule has 16 heavy (non-hydrogen) atoms. The molecule has 0 aromatic heterocycles. The number of hydrogen-bond donors (Lipinski definition) is 0. The zero-order valence-electron chi connectivity index (χ0n) is 11.2. The summed E-state index contributed by atoms with van der Waals surface area (Å²) < 4.78 is 5.20. The van der Waals surface area contributed by atoms with Gasteiger partial charge in [-0.25, -0.2) is 4.79 Å². The fraction of sp³-hybridized carbons (Fsp3) is 0.786. The lowest BCUT2D eigenvalue weighted by atomic mass is 9.68. The highest BCUT2D eigenvalue weighted by molar-refractivity contribution is 5.91. The van der Waals surface area contributed by atoms with Crippen LogP contribution in [0, 0.1) is 11.3 Å². The van der Waals surface area contributed by atoms with Crippen LogP contribution in [0.3, 0.4) is 0 Å². The molecule has 1 aliphatic rings. The van der Waals surface area contributed by atoms with E-state index in [2.05, 4.69) is 27.7 Å². The van der Waals surface area contributed by atoms with Crippen molar-refractivity contribution in [1.82, 2.24) is 0 Å². The summed E-state index contributed by atoms with van der Waals surface area (Å²) in [6.07, 6.45) is 3.21. The third-order valence-electron chi connectivity index (χ3n) is 3.66. The average Bonchev–Trinajstić information content (AvgIpc) is 2.21. The van der Waals surface area contributed by atoms with Crippen molar-refractivity contribution < 1.29 is 9.53 Å². The van der Waals surface area contributed by atoms with E-state index in [1.165, 1.54) is 12.0 Å². The summed E-state index contributed by atoms with van der Waals surface area (Å²) in [6.45, 7) is 11.0. The number of allylic oxidation sites excluding steroid dienone is 1. The molecule has 0 fully saturated rings. The minimum absolute atomic E-state index is 0.0237. The molecule has 92 valence electrons. The molecule has 2 heteroatoms. The first-order valence-corrected chi connectivity index (χ1v) is 6.34. The van der Waals surface area contributed by atoms with Gasteiger partial charge in [0.25, 0.3) is 0 Å². The van der Waals surface area contributed by atoms with Crippen molar-refractivity contribution in [2.45, 2.75) is 53.9 Å². The van der Waals surface area contributed by atoms with E-state index >= 15 is 0 Å². The first kappa shape index (κ1) is 13.3. The molecule has 0 spiro atoms. The number of esters is 1. The molecule has 0 bridgehead atoms. The fourth-order valence-electron chi connectivity index (χ4n) is 2.69. The molecule has 0 radical (unpaired) electrons. The van der Waals surface area contributed by atoms with E-state index in [1.807, 2.05) is 6.92 Å². The predicted molar refractivity (Wildman–Crippen MR) is 66.1 cm³/mol. The summed E-state index contributed by atoms with van der Waals surface area (Å²) in [4.78, 5) is 12.0. The quantitative estimate of drug-likeness (QED) is 0.683. The van der Waals surface area contributed by atoms with E-state index in [0.717, 1.165) is 18.4 Å². The second-order valence-corrected chi connectivity index (χ2v) is 5.30. The van der Waals surface area contributed by atoms with E-state index < -0.39 is 0 Å². The molecule has 0 N–H and O–H groups in total. The molecular formula is C14H24O2. The predicted octanol–water partition coefficient (Wildman–Crippen LogP) is 3.71. The van der Waals surface area contributed by atoms with Crippen molar-refractivity contribution in [3.8, 4) is 0 Å². The zero-order valence-corrected chi connectivity index (χ0v) is 11.2. The highest BCUT2D eigenvalue weighted by Gasteiger charge is 2.37. The Morgan fingerprint density at radius 3 is 2.56 bits per heavy atom. The molecule has 0 aromatic carbocycles. The van der Waals surface area contributed by atoms with Gasteiger partial charge in [-0.05, 0) is 37.5 Å². The van der Waals surface area contributed by atoms with Gasteiger partial charge in [-0.3, -0.25) is 0 Å². The summed E-state index contributed by atoms with van der Waals surface area (Å²) in [7, 11) is 0. The normalized spacial score (nSPS) is 24.4. The van der Waals surface area contributed by atoms with Gasteiger partial charge in [0.15, 0.2) is 0 Å². The Labute approximate surface area is 99.1 Å². The fourth-order valence-corrected chi connectivity index (χ4v) is 2.69. The van der Waals surface area contributed by atoms with Crippen LogP contribution in [0.4, 0.5) is 0 Å². The SMILES string of the molecule is CCOC(=O)C1=C(CC)C(C)CCC1(C)C. The molecule has 2 nitrogen and oxygen atoms in total. The Morgan fingerprint density at radius 2 is 2.06 bits per heavy atom. The molecule has 0 saturated heterocycles. The molecule has 1 rings (SSSR count). The molecule has 1 unspecified atom stereocenters. The Bertz CT molecular complexity index is 300. The summed E-state index contributed by atoms with van der Waals surface area (Å²) in [5, 5.41) is 0. The van der Waals surface area contributed by atoms with Crippen molar-refractivity contribution in [2.24, 2.45) is 11.3 Å². The van der Waals surface area contributed by atoms with E-state index in [9.17, 15) is 4.79 Å². The van der Waals surface area contributed by atoms with Gasteiger partial charge in [0.05, 0.1) is 6.61 Å². The van der Waals surface area contributed by atoms with Crippen LogP contribution in [-0.2, 0) is 9.53 Å². The molecular weight excluding hydrogens is 200 g/mol. The van der Waals surface area contributed by atoms with Crippen LogP contribution in [0.25, 0.3) is 0 Å². The van der Waals surface area contributed by atoms with Gasteiger partial charge >= 0.3 is 5.97 Å². The second-order valence-electron chi connectivity index (χ2n) is 5.30. The monoisotopic (exact) mass is 224 g/mol. The lowest BCUT2D eigenvalue weighted by Crippen LogP contribution is -2.30. The van der Waals surface area contributed by atoms with Crippen LogP contribution >= 0.6 is 0 Å². The van der Waals surface area contributed by atoms with Gasteiger partial charge < -0.3 is 4.74 Å². The minimum Gasteiger partial charge on any atom is -0.463 e. The Kier molecular flexibility index (Phi) is 4.17. The summed E-state index contributed by atoms with van der Waals surface area (Å²) >= 11 is 0. The first-order chi connectivity index (χ1) is 7.44. The van der Waals surface area contributed by atoms with Gasteiger partial charge in [0.1, 0.15) is 0 Å². The Morgan fingerprint density at radius 1 is 1.44 bits per heavy atom. The third kappa shape index (κ3) is 2.47. The third-order valence-corrected chi connectivity index (χ3v) is 3.66. The molecule has 0 amide bonds. The minimum atomic E-state index is -0.101. The lowest BCUT2D eigenvalue weighted by Gasteiger charge is -2.36. The van der Waals surface area contributed by atoms with Crippen LogP contribution in [-0.4, -0.2) is 12.6 Å². The van der Waals surface area contributed by atoms with Gasteiger partial charge in [-0.2, -0.15) is 0 Å². The highest BCUT2D eigenvalue weighted by Crippen LogP contribution is 2.44. The van der Waals surface area contributed by atoms with E-state index in [0.29, 0.717) is 12.5 Å². The average molecular weight is 224 g/mol. The number of carbonyl (C=O) groups is 1. The van der Waals surface area contributed by atoms with Crippen LogP contribution in [0.1, 0.15) is 53.9 Å². The number of hydrogen-bond acceptors (Lipinski definition) is 2. The van der Waals surface area contributed by atoms with Crippen molar-refractivity contribution in [1.29, 1.82) is 0 Å². The van der Waals surface area contributed by atoms with Gasteiger partial charge in [-0.1, -0.05) is 33.3 Å². The molecule has 0 saturated carbocycles. The molecule has 0 aliphatic heterocycles. The van der Waals surface area contributed by atoms with Crippen LogP contribution in [0.5, 0.6) is 0 Å². The molecule has 1 atom stereocenters. The van der Waals surface area contributed by atoms with Crippen molar-refractivity contribution in [3.63, 3.8) is 0 Å². The molecule has 0 aromatic rings. The number of rotatable bonds is 3. The van der Waals surface area contributed by atoms with Crippen molar-refractivity contribution in [2.75, 3.05) is 6.61 Å². The molecule has 1 aliphatic carbocycles. The number of ether oxygens (including phenoxy) is 1. The van der Waals surface area contributed by atoms with Gasteiger partial charge in [-0.15, -0.1) is 0 Å². The smallest absolute Gasteiger partial charge is 0.334 e. The number of carbonyl (C=O) groups excluding carboxylic acids is 1. The second kappa shape index (κ2) is 5.03. The zero-order chi connectivity index (χ0) is 12.3. The summed E-state index contributed by atoms with van der Waals surface area (Å²) in [5.41, 5.74) is 2.22. The standard InChI is InChI=1S/C14H24O2/c1-6-11-10(3)8-9-14(4,5)12(11)13(15)16-7-2/h10H,6-9H2,1-5H3. The Hall–Kier alpha value is -0.790. The first-order valence-electron chi connectivity index (χ1n) is 6.34. The van der Waals surface area contributed by atoms with E-state index in [4.69, 9.17) is 4.74 Å². The summed E-state index contributed by atoms with van der Waals surface area (Å²) in [6, 6.07) is 0. The van der Waals surface area contributed by atoms with Gasteiger partial charge in [0.2, 0.25) is 0 Å². The summed E-state index contributed by atoms with van der Waals surface area (Å²) in [5.74, 6) is 0.424. The largest absolute Gasteiger partial charge is 0.463 e. The van der Waals surface area contributed by atoms with Crippen molar-refractivity contribution in [3.05, 3.63) is 11.1 Å². The van der Waals surface area contributed by atoms with Crippen molar-refractivity contribution >= 4 is 5.97 Å². The van der Waals surface area contributed by atoms with Gasteiger partial charge in [0, 0.05) is 5.57 Å². The maximum Gasteiger partial charge on any atom is 0.334 e. The van der Waals surface area contributed by atoms with E-state index in [1.54, 1.807) is 0 Å². The maximum atomic E-state index is 12.0. The Balaban J connectivity index is 3.15. The molecule has 0 heterocycles. The highest BCUT2D eigenvalue weighted by atomic mass is 16.5. The maximum absolute atomic E-state index is 12.0. The van der Waals surface area contributed by atoms with Crippen LogP contribution in [0.2, 0.25) is 0 Å². The van der Waals surface area contributed by atoms with E-state index in [-0.39, 0.29) is 11.4 Å².